The molecule has 0 unspecified atom stereocenters. The quantitative estimate of drug-likeness (QED) is 0.685. The molecule has 2 rings (SSSR count). The summed E-state index contributed by atoms with van der Waals surface area (Å²) in [5.74, 6) is 6.40. The van der Waals surface area contributed by atoms with Crippen LogP contribution in [0.25, 0.3) is 0 Å². The van der Waals surface area contributed by atoms with Gasteiger partial charge in [0.15, 0.2) is 0 Å². The number of ether oxygens (including phenoxy) is 1. The number of nitrogens with two attached hydrogens (primary N) is 1. The summed E-state index contributed by atoms with van der Waals surface area (Å²) in [7, 11) is 1.62. The molecule has 1 aromatic rings. The largest absolute Gasteiger partial charge is 0.496 e. The Morgan fingerprint density at radius 1 is 1.44 bits per heavy atom. The van der Waals surface area contributed by atoms with Crippen LogP contribution in [0.1, 0.15) is 12.0 Å². The van der Waals surface area contributed by atoms with E-state index in [-0.39, 0.29) is 6.03 Å². The first kappa shape index (κ1) is 13.2. The molecule has 1 saturated heterocycles. The van der Waals surface area contributed by atoms with Crippen molar-refractivity contribution in [1.29, 1.82) is 0 Å². The fourth-order valence-corrected chi connectivity index (χ4v) is 2.44. The van der Waals surface area contributed by atoms with Crippen LogP contribution in [-0.2, 0) is 6.54 Å². The van der Waals surface area contributed by atoms with Crippen LogP contribution in [-0.4, -0.2) is 36.1 Å². The van der Waals surface area contributed by atoms with E-state index in [9.17, 15) is 4.79 Å². The number of hydrogen-bond acceptors (Lipinski definition) is 3. The Morgan fingerprint density at radius 2 is 2.22 bits per heavy atom. The maximum Gasteiger partial charge on any atom is 0.334 e. The van der Waals surface area contributed by atoms with Gasteiger partial charge in [0.1, 0.15) is 5.75 Å². The molecule has 18 heavy (non-hydrogen) atoms. The molecule has 2 N–H and O–H groups in total. The second-order valence-electron chi connectivity index (χ2n) is 4.21. The standard InChI is InChI=1S/C12H16BrN3O2/c1-18-11-4-3-10(13)7-9(11)8-15-5-2-6-16(14)12(15)17/h3-4,7H,2,5-6,8,14H2,1H3. The molecule has 6 heteroatoms. The van der Waals surface area contributed by atoms with Crippen molar-refractivity contribution in [1.82, 2.24) is 9.91 Å². The molecule has 0 bridgehead atoms. The summed E-state index contributed by atoms with van der Waals surface area (Å²) >= 11 is 3.42. The van der Waals surface area contributed by atoms with Crippen molar-refractivity contribution in [2.45, 2.75) is 13.0 Å². The molecule has 1 aromatic carbocycles. The predicted molar refractivity (Wildman–Crippen MR) is 72.0 cm³/mol. The monoisotopic (exact) mass is 313 g/mol. The zero-order valence-electron chi connectivity index (χ0n) is 10.2. The van der Waals surface area contributed by atoms with Gasteiger partial charge in [-0.2, -0.15) is 0 Å². The maximum atomic E-state index is 11.9. The molecule has 1 heterocycles. The van der Waals surface area contributed by atoms with Crippen LogP contribution in [0.3, 0.4) is 0 Å². The van der Waals surface area contributed by atoms with Gasteiger partial charge in [-0.1, -0.05) is 15.9 Å². The molecule has 5 nitrogen and oxygen atoms in total. The first-order chi connectivity index (χ1) is 8.61. The van der Waals surface area contributed by atoms with Gasteiger partial charge >= 0.3 is 6.03 Å². The summed E-state index contributed by atoms with van der Waals surface area (Å²) in [6, 6.07) is 5.62. The van der Waals surface area contributed by atoms with Crippen LogP contribution >= 0.6 is 15.9 Å². The van der Waals surface area contributed by atoms with E-state index < -0.39 is 0 Å². The first-order valence-corrected chi connectivity index (χ1v) is 6.54. The van der Waals surface area contributed by atoms with E-state index in [4.69, 9.17) is 10.6 Å². The van der Waals surface area contributed by atoms with Crippen LogP contribution in [0.4, 0.5) is 4.79 Å². The lowest BCUT2D eigenvalue weighted by Crippen LogP contribution is -2.52. The van der Waals surface area contributed by atoms with Gasteiger partial charge in [-0.15, -0.1) is 0 Å². The second kappa shape index (κ2) is 5.58. The molecule has 0 saturated carbocycles. The van der Waals surface area contributed by atoms with Gasteiger partial charge in [0, 0.05) is 23.1 Å². The van der Waals surface area contributed by atoms with Crippen molar-refractivity contribution in [2.75, 3.05) is 20.2 Å². The minimum Gasteiger partial charge on any atom is -0.496 e. The summed E-state index contributed by atoms with van der Waals surface area (Å²) in [6.45, 7) is 1.85. The molecular weight excluding hydrogens is 298 g/mol. The molecule has 1 fully saturated rings. The number of nitrogens with zero attached hydrogens (tertiary/aromatic N) is 2. The van der Waals surface area contributed by atoms with Crippen LogP contribution in [0.5, 0.6) is 5.75 Å². The normalized spacial score (nSPS) is 16.1. The van der Waals surface area contributed by atoms with Gasteiger partial charge in [0.25, 0.3) is 0 Å². The Morgan fingerprint density at radius 3 is 2.94 bits per heavy atom. The molecule has 0 spiro atoms. The maximum absolute atomic E-state index is 11.9. The number of urea groups is 1. The van der Waals surface area contributed by atoms with Crippen LogP contribution in [0, 0.1) is 0 Å². The van der Waals surface area contributed by atoms with Crippen LogP contribution < -0.4 is 10.6 Å². The fraction of sp³-hybridized carbons (Fsp3) is 0.417. The zero-order chi connectivity index (χ0) is 13.1. The summed E-state index contributed by atoms with van der Waals surface area (Å²) in [6.07, 6.45) is 0.887. The molecule has 98 valence electrons. The van der Waals surface area contributed by atoms with E-state index in [2.05, 4.69) is 15.9 Å². The Balaban J connectivity index is 2.17. The third-order valence-corrected chi connectivity index (χ3v) is 3.44. The molecule has 1 aliphatic rings. The van der Waals surface area contributed by atoms with E-state index >= 15 is 0 Å². The number of carbonyl (C=O) groups is 1. The minimum atomic E-state index is -0.136. The number of hydrogen-bond donors (Lipinski definition) is 1. The van der Waals surface area contributed by atoms with Gasteiger partial charge < -0.3 is 9.64 Å². The van der Waals surface area contributed by atoms with E-state index in [0.29, 0.717) is 13.1 Å². The summed E-state index contributed by atoms with van der Waals surface area (Å²) in [4.78, 5) is 13.6. The predicted octanol–water partition coefficient (Wildman–Crippen LogP) is 1.96. The molecule has 2 amide bonds. The molecule has 1 aliphatic heterocycles. The summed E-state index contributed by atoms with van der Waals surface area (Å²) < 4.78 is 6.27. The van der Waals surface area contributed by atoms with Crippen molar-refractivity contribution >= 4 is 22.0 Å². The van der Waals surface area contributed by atoms with Crippen molar-refractivity contribution in [3.05, 3.63) is 28.2 Å². The number of methoxy groups -OCH3 is 1. The van der Waals surface area contributed by atoms with Gasteiger partial charge in [0.05, 0.1) is 13.7 Å². The highest BCUT2D eigenvalue weighted by atomic mass is 79.9. The molecule has 0 atom stereocenters. The molecule has 0 radical (unpaired) electrons. The average Bonchev–Trinajstić information content (AvgIpc) is 2.35. The third-order valence-electron chi connectivity index (χ3n) is 2.95. The highest BCUT2D eigenvalue weighted by molar-refractivity contribution is 9.10. The topological polar surface area (TPSA) is 58.8 Å². The van der Waals surface area contributed by atoms with Crippen LogP contribution in [0.2, 0.25) is 0 Å². The Labute approximate surface area is 115 Å². The van der Waals surface area contributed by atoms with E-state index in [1.54, 1.807) is 12.0 Å². The minimum absolute atomic E-state index is 0.136. The van der Waals surface area contributed by atoms with E-state index in [1.165, 1.54) is 5.01 Å². The smallest absolute Gasteiger partial charge is 0.334 e. The van der Waals surface area contributed by atoms with E-state index in [0.717, 1.165) is 28.8 Å². The van der Waals surface area contributed by atoms with Crippen molar-refractivity contribution in [3.8, 4) is 5.75 Å². The summed E-state index contributed by atoms with van der Waals surface area (Å²) in [5.41, 5.74) is 0.968. The highest BCUT2D eigenvalue weighted by Gasteiger charge is 2.24. The fourth-order valence-electron chi connectivity index (χ4n) is 2.03. The number of rotatable bonds is 3. The second-order valence-corrected chi connectivity index (χ2v) is 5.12. The average molecular weight is 314 g/mol. The molecule has 0 aromatic heterocycles. The summed E-state index contributed by atoms with van der Waals surface area (Å²) in [5, 5.41) is 1.26. The number of carbonyl (C=O) groups excluding carboxylic acids is 1. The first-order valence-electron chi connectivity index (χ1n) is 5.75. The molecular formula is C12H16BrN3O2. The number of hydrazine groups is 1. The van der Waals surface area contributed by atoms with Crippen molar-refractivity contribution in [3.63, 3.8) is 0 Å². The molecule has 0 aliphatic carbocycles. The lowest BCUT2D eigenvalue weighted by atomic mass is 10.1. The Hall–Kier alpha value is -1.27. The number of halogens is 1. The van der Waals surface area contributed by atoms with Gasteiger partial charge in [0.2, 0.25) is 0 Å². The van der Waals surface area contributed by atoms with Gasteiger partial charge in [-0.3, -0.25) is 5.01 Å². The third kappa shape index (κ3) is 2.76. The zero-order valence-corrected chi connectivity index (χ0v) is 11.8. The van der Waals surface area contributed by atoms with Crippen LogP contribution in [0.15, 0.2) is 22.7 Å². The van der Waals surface area contributed by atoms with Gasteiger partial charge in [-0.05, 0) is 24.6 Å². The highest BCUT2D eigenvalue weighted by Crippen LogP contribution is 2.25. The number of benzene rings is 1. The number of amides is 2. The van der Waals surface area contributed by atoms with Crippen molar-refractivity contribution < 1.29 is 9.53 Å². The lowest BCUT2D eigenvalue weighted by molar-refractivity contribution is 0.126. The van der Waals surface area contributed by atoms with E-state index in [1.807, 2.05) is 18.2 Å². The SMILES string of the molecule is COc1ccc(Br)cc1CN1CCCN(N)C1=O. The van der Waals surface area contributed by atoms with Gasteiger partial charge in [-0.25, -0.2) is 10.6 Å². The van der Waals surface area contributed by atoms with Crippen molar-refractivity contribution in [2.24, 2.45) is 5.84 Å². The lowest BCUT2D eigenvalue weighted by Gasteiger charge is -2.33. The Kier molecular flexibility index (Phi) is 4.08. The Bertz CT molecular complexity index is 453.